The summed E-state index contributed by atoms with van der Waals surface area (Å²) in [5, 5.41) is 0. The summed E-state index contributed by atoms with van der Waals surface area (Å²) in [6.45, 7) is 0. The fourth-order valence-electron chi connectivity index (χ4n) is 1.22. The number of esters is 1. The summed E-state index contributed by atoms with van der Waals surface area (Å²) >= 11 is 1.01. The number of benzene rings is 1. The molecule has 0 atom stereocenters. The van der Waals surface area contributed by atoms with Gasteiger partial charge < -0.3 is 15.2 Å². The molecule has 2 aromatic rings. The van der Waals surface area contributed by atoms with Gasteiger partial charge in [-0.05, 0) is 23.7 Å². The lowest BCUT2D eigenvalue weighted by Gasteiger charge is -2.04. The van der Waals surface area contributed by atoms with Gasteiger partial charge in [-0.2, -0.15) is 4.37 Å². The second kappa shape index (κ2) is 4.84. The van der Waals surface area contributed by atoms with Crippen molar-refractivity contribution in [3.05, 3.63) is 35.3 Å². The summed E-state index contributed by atoms with van der Waals surface area (Å²) in [4.78, 5) is 12.0. The van der Waals surface area contributed by atoms with Gasteiger partial charge in [-0.15, -0.1) is 0 Å². The van der Waals surface area contributed by atoms with E-state index in [0.717, 1.165) is 11.5 Å². The Morgan fingerprint density at radius 3 is 2.82 bits per heavy atom. The molecule has 2 N–H and O–H groups in total. The highest BCUT2D eigenvalue weighted by molar-refractivity contribution is 7.08. The Hall–Kier alpha value is -2.08. The Balaban J connectivity index is 2.16. The quantitative estimate of drug-likeness (QED) is 0.665. The van der Waals surface area contributed by atoms with E-state index in [0.29, 0.717) is 22.1 Å². The Labute approximate surface area is 102 Å². The van der Waals surface area contributed by atoms with Crippen LogP contribution in [0.25, 0.3) is 0 Å². The van der Waals surface area contributed by atoms with Crippen LogP contribution in [0, 0.1) is 0 Å². The fraction of sp³-hybridized carbons (Fsp3) is 0.0909. The molecule has 5 nitrogen and oxygen atoms in total. The summed E-state index contributed by atoms with van der Waals surface area (Å²) in [5.41, 5.74) is 5.90. The summed E-state index contributed by atoms with van der Waals surface area (Å²) in [6.07, 6.45) is 1.42. The fourth-order valence-corrected chi connectivity index (χ4v) is 1.77. The minimum Gasteiger partial charge on any atom is -0.497 e. The monoisotopic (exact) mass is 250 g/mol. The average molecular weight is 250 g/mol. The normalized spacial score (nSPS) is 9.94. The molecule has 0 aliphatic rings. The van der Waals surface area contributed by atoms with E-state index in [9.17, 15) is 4.79 Å². The highest BCUT2D eigenvalue weighted by atomic mass is 32.1. The van der Waals surface area contributed by atoms with Crippen LogP contribution >= 0.6 is 11.5 Å². The van der Waals surface area contributed by atoms with Gasteiger partial charge in [0.15, 0.2) is 4.88 Å². The van der Waals surface area contributed by atoms with Gasteiger partial charge in [0.05, 0.1) is 19.0 Å². The number of anilines is 1. The largest absolute Gasteiger partial charge is 0.497 e. The zero-order valence-electron chi connectivity index (χ0n) is 9.04. The first-order chi connectivity index (χ1) is 8.20. The van der Waals surface area contributed by atoms with Crippen molar-refractivity contribution in [3.8, 4) is 11.5 Å². The van der Waals surface area contributed by atoms with Crippen molar-refractivity contribution in [1.29, 1.82) is 0 Å². The molecule has 0 radical (unpaired) electrons. The van der Waals surface area contributed by atoms with Gasteiger partial charge in [0, 0.05) is 6.07 Å². The van der Waals surface area contributed by atoms with Crippen LogP contribution in [0.4, 0.5) is 5.69 Å². The van der Waals surface area contributed by atoms with Crippen LogP contribution in [0.15, 0.2) is 30.5 Å². The third-order valence-electron chi connectivity index (χ3n) is 2.04. The van der Waals surface area contributed by atoms with Gasteiger partial charge in [0.25, 0.3) is 0 Å². The number of ether oxygens (including phenoxy) is 2. The molecule has 2 rings (SSSR count). The Kier molecular flexibility index (Phi) is 3.24. The molecular weight excluding hydrogens is 240 g/mol. The molecule has 0 aliphatic carbocycles. The predicted molar refractivity (Wildman–Crippen MR) is 64.5 cm³/mol. The van der Waals surface area contributed by atoms with E-state index < -0.39 is 5.97 Å². The number of nitrogens with zero attached hydrogens (tertiary/aromatic N) is 1. The highest BCUT2D eigenvalue weighted by Crippen LogP contribution is 2.22. The molecule has 0 unspecified atom stereocenters. The number of carbonyl (C=O) groups is 1. The Bertz CT molecular complexity index is 539. The maximum atomic E-state index is 11.7. The molecule has 0 fully saturated rings. The lowest BCUT2D eigenvalue weighted by atomic mass is 10.3. The predicted octanol–water partition coefficient (Wildman–Crippen LogP) is 1.95. The standard InChI is InChI=1S/C11H10N2O3S/c1-15-7-3-2-4-8(5-7)16-11(14)10-9(12)6-13-17-10/h2-6H,12H2,1H3. The zero-order valence-corrected chi connectivity index (χ0v) is 9.86. The molecule has 0 amide bonds. The molecule has 0 aliphatic heterocycles. The van der Waals surface area contributed by atoms with Crippen LogP contribution in [-0.4, -0.2) is 17.5 Å². The Morgan fingerprint density at radius 1 is 1.41 bits per heavy atom. The van der Waals surface area contributed by atoms with Gasteiger partial charge in [0.2, 0.25) is 0 Å². The molecular formula is C11H10N2O3S. The van der Waals surface area contributed by atoms with E-state index in [2.05, 4.69) is 4.37 Å². The first kappa shape index (κ1) is 11.4. The number of hydrogen-bond acceptors (Lipinski definition) is 6. The molecule has 0 saturated carbocycles. The van der Waals surface area contributed by atoms with Gasteiger partial charge in [0.1, 0.15) is 11.5 Å². The second-order valence-corrected chi connectivity index (χ2v) is 3.98. The average Bonchev–Trinajstić information content (AvgIpc) is 2.76. The number of aromatic nitrogens is 1. The van der Waals surface area contributed by atoms with Crippen LogP contribution < -0.4 is 15.2 Å². The van der Waals surface area contributed by atoms with Gasteiger partial charge >= 0.3 is 5.97 Å². The van der Waals surface area contributed by atoms with E-state index in [-0.39, 0.29) is 0 Å². The van der Waals surface area contributed by atoms with E-state index >= 15 is 0 Å². The van der Waals surface area contributed by atoms with Crippen LogP contribution in [0.2, 0.25) is 0 Å². The number of nitrogen functional groups attached to an aromatic ring is 1. The van der Waals surface area contributed by atoms with Crippen LogP contribution in [0.3, 0.4) is 0 Å². The van der Waals surface area contributed by atoms with Gasteiger partial charge in [-0.1, -0.05) is 6.07 Å². The molecule has 0 spiro atoms. The van der Waals surface area contributed by atoms with E-state index in [4.69, 9.17) is 15.2 Å². The number of nitrogens with two attached hydrogens (primary N) is 1. The van der Waals surface area contributed by atoms with Crippen LogP contribution in [0.1, 0.15) is 9.67 Å². The number of hydrogen-bond donors (Lipinski definition) is 1. The van der Waals surface area contributed by atoms with Crippen LogP contribution in [0.5, 0.6) is 11.5 Å². The van der Waals surface area contributed by atoms with Crippen molar-refractivity contribution in [2.24, 2.45) is 0 Å². The topological polar surface area (TPSA) is 74.4 Å². The molecule has 17 heavy (non-hydrogen) atoms. The lowest BCUT2D eigenvalue weighted by Crippen LogP contribution is -2.08. The molecule has 1 aromatic carbocycles. The minimum absolute atomic E-state index is 0.299. The highest BCUT2D eigenvalue weighted by Gasteiger charge is 2.15. The summed E-state index contributed by atoms with van der Waals surface area (Å²) < 4.78 is 14.0. The Morgan fingerprint density at radius 2 is 2.18 bits per heavy atom. The molecule has 88 valence electrons. The molecule has 6 heteroatoms. The van der Waals surface area contributed by atoms with Crippen LogP contribution in [-0.2, 0) is 0 Å². The minimum atomic E-state index is -0.516. The summed E-state index contributed by atoms with van der Waals surface area (Å²) in [5.74, 6) is 0.507. The summed E-state index contributed by atoms with van der Waals surface area (Å²) in [7, 11) is 1.54. The summed E-state index contributed by atoms with van der Waals surface area (Å²) in [6, 6.07) is 6.78. The lowest BCUT2D eigenvalue weighted by molar-refractivity contribution is 0.0740. The smallest absolute Gasteiger partial charge is 0.357 e. The molecule has 1 aromatic heterocycles. The van der Waals surface area contributed by atoms with Crippen molar-refractivity contribution in [1.82, 2.24) is 4.37 Å². The zero-order chi connectivity index (χ0) is 12.3. The van der Waals surface area contributed by atoms with E-state index in [1.165, 1.54) is 6.20 Å². The first-order valence-corrected chi connectivity index (χ1v) is 5.54. The van der Waals surface area contributed by atoms with Crippen molar-refractivity contribution < 1.29 is 14.3 Å². The third kappa shape index (κ3) is 2.54. The van der Waals surface area contributed by atoms with Crippen molar-refractivity contribution in [2.45, 2.75) is 0 Å². The number of carbonyl (C=O) groups excluding carboxylic acids is 1. The van der Waals surface area contributed by atoms with Gasteiger partial charge in [-0.3, -0.25) is 0 Å². The number of rotatable bonds is 3. The third-order valence-corrected chi connectivity index (χ3v) is 2.83. The van der Waals surface area contributed by atoms with Crippen molar-refractivity contribution >= 4 is 23.2 Å². The van der Waals surface area contributed by atoms with E-state index in [1.54, 1.807) is 31.4 Å². The second-order valence-electron chi connectivity index (χ2n) is 3.18. The maximum absolute atomic E-state index is 11.7. The first-order valence-electron chi connectivity index (χ1n) is 4.77. The molecule has 1 heterocycles. The van der Waals surface area contributed by atoms with Crippen molar-refractivity contribution in [2.75, 3.05) is 12.8 Å². The van der Waals surface area contributed by atoms with Crippen molar-refractivity contribution in [3.63, 3.8) is 0 Å². The number of methoxy groups -OCH3 is 1. The molecule has 0 saturated heterocycles. The molecule has 0 bridgehead atoms. The SMILES string of the molecule is COc1cccc(OC(=O)c2sncc2N)c1. The van der Waals surface area contributed by atoms with E-state index in [1.807, 2.05) is 0 Å². The van der Waals surface area contributed by atoms with Gasteiger partial charge in [-0.25, -0.2) is 4.79 Å². The maximum Gasteiger partial charge on any atom is 0.357 e.